The molecule has 7 amide bonds. The van der Waals surface area contributed by atoms with Crippen molar-refractivity contribution >= 4 is 92.1 Å². The van der Waals surface area contributed by atoms with Crippen LogP contribution in [0.1, 0.15) is 71.3 Å². The quantitative estimate of drug-likeness (QED) is 0.0366. The van der Waals surface area contributed by atoms with Crippen molar-refractivity contribution in [2.24, 2.45) is 5.73 Å². The van der Waals surface area contributed by atoms with Crippen molar-refractivity contribution in [1.29, 1.82) is 0 Å². The first-order valence-electron chi connectivity index (χ1n) is 22.2. The number of aromatic nitrogens is 3. The van der Waals surface area contributed by atoms with Crippen LogP contribution in [0.15, 0.2) is 42.9 Å². The normalized spacial score (nSPS) is 16.7. The Bertz CT molecular complexity index is 2140. The van der Waals surface area contributed by atoms with Crippen LogP contribution in [0.2, 0.25) is 0 Å². The summed E-state index contributed by atoms with van der Waals surface area (Å²) in [6.45, 7) is 6.62. The number of alkyl halides is 1. The Balaban J connectivity index is 0.00000318. The number of hydroxylamine groups is 2. The van der Waals surface area contributed by atoms with Gasteiger partial charge < -0.3 is 40.7 Å². The molecular weight excluding hydrogens is 955 g/mol. The van der Waals surface area contributed by atoms with Gasteiger partial charge in [0.05, 0.1) is 23.7 Å². The minimum atomic E-state index is -1.28. The smallest absolute Gasteiger partial charge is 0.409 e. The second kappa shape index (κ2) is 27.3. The molecule has 7 N–H and O–H groups in total. The molecule has 1 aromatic carbocycles. The number of hydrogen-bond donors (Lipinski definition) is 6. The Morgan fingerprint density at radius 3 is 2.34 bits per heavy atom. The van der Waals surface area contributed by atoms with Crippen LogP contribution in [0, 0.1) is 0 Å². The molecule has 1 aliphatic heterocycles. The number of halogens is 1. The summed E-state index contributed by atoms with van der Waals surface area (Å²) in [5, 5.41) is 5.93. The van der Waals surface area contributed by atoms with Crippen LogP contribution in [0.25, 0.3) is 11.0 Å². The molecule has 0 radical (unpaired) electrons. The van der Waals surface area contributed by atoms with Crippen molar-refractivity contribution < 1.29 is 43.2 Å². The molecule has 1 saturated heterocycles. The van der Waals surface area contributed by atoms with Gasteiger partial charge in [0.25, 0.3) is 5.91 Å². The van der Waals surface area contributed by atoms with Crippen molar-refractivity contribution in [1.82, 2.24) is 50.2 Å². The lowest BCUT2D eigenvalue weighted by Crippen LogP contribution is -2.54. The van der Waals surface area contributed by atoms with Gasteiger partial charge in [-0.2, -0.15) is 10.4 Å². The fourth-order valence-electron chi connectivity index (χ4n) is 6.99. The monoisotopic (exact) mass is 1020 g/mol. The number of primary amides is 1. The number of fused-ring (bicyclic) bond motifs is 1. The molecule has 2 unspecified atom stereocenters. The summed E-state index contributed by atoms with van der Waals surface area (Å²) < 4.78 is 10.5. The van der Waals surface area contributed by atoms with Gasteiger partial charge in [0.1, 0.15) is 30.8 Å². The summed E-state index contributed by atoms with van der Waals surface area (Å²) >= 11 is 4.71. The molecule has 0 spiro atoms. The van der Waals surface area contributed by atoms with Gasteiger partial charge in [-0.25, -0.2) is 25.0 Å². The standard InChI is InChI=1S/C40H56BrN13O9S.C3H8/c1-5-17-64-49-27-18-28(19-27)52(4)35-29-12-14-54(36(29)45-24-44-35)39(60)50(2)15-16-51(3)40(61)62-23-25-8-10-26(11-9-25)46-34(57)22-43-37(58)31-7-6-13-53(31)38(59)30(20-32(42)55)47-63-48-33(56)21-41;1-3-2/h8-12,14,24,27-28,30-31,47,49H,5-7,13,15-23H2,1-4H3,(H2,42,55)(H,43,58)(H,46,57)(H,48,56);3H2,1-2H3. The molecule has 1 aliphatic carbocycles. The van der Waals surface area contributed by atoms with E-state index in [9.17, 15) is 33.6 Å². The fourth-order valence-corrected chi connectivity index (χ4v) is 7.86. The number of carbonyl (C=O) groups is 7. The summed E-state index contributed by atoms with van der Waals surface area (Å²) in [5.74, 6) is -1.25. The molecular formula is C43H64BrN13O9S. The highest BCUT2D eigenvalue weighted by Gasteiger charge is 2.38. The Morgan fingerprint density at radius 2 is 1.67 bits per heavy atom. The lowest BCUT2D eigenvalue weighted by molar-refractivity contribution is -0.153. The zero-order chi connectivity index (χ0) is 49.0. The van der Waals surface area contributed by atoms with Gasteiger partial charge in [-0.05, 0) is 55.9 Å². The highest BCUT2D eigenvalue weighted by molar-refractivity contribution is 9.09. The van der Waals surface area contributed by atoms with Crippen molar-refractivity contribution in [3.63, 3.8) is 0 Å². The minimum Gasteiger partial charge on any atom is -0.445 e. The lowest BCUT2D eigenvalue weighted by Gasteiger charge is -2.42. The second-order valence-corrected chi connectivity index (χ2v) is 17.7. The number of rotatable bonds is 22. The number of anilines is 2. The topological polar surface area (TPSA) is 268 Å². The molecule has 2 atom stereocenters. The molecule has 1 saturated carbocycles. The number of carbonyl (C=O) groups excluding carboxylic acids is 7. The molecule has 2 fully saturated rings. The second-order valence-electron chi connectivity index (χ2n) is 16.2. The largest absolute Gasteiger partial charge is 0.445 e. The predicted molar refractivity (Wildman–Crippen MR) is 257 cm³/mol. The average Bonchev–Trinajstić information content (AvgIpc) is 3.98. The molecule has 0 bridgehead atoms. The van der Waals surface area contributed by atoms with E-state index in [4.69, 9.17) is 15.4 Å². The van der Waals surface area contributed by atoms with Crippen LogP contribution in [0.5, 0.6) is 0 Å². The van der Waals surface area contributed by atoms with E-state index < -0.39 is 54.1 Å². The van der Waals surface area contributed by atoms with E-state index >= 15 is 0 Å². The number of ether oxygens (including phenoxy) is 1. The van der Waals surface area contributed by atoms with E-state index in [-0.39, 0.29) is 44.1 Å². The van der Waals surface area contributed by atoms with Crippen molar-refractivity contribution in [3.8, 4) is 0 Å². The first-order valence-corrected chi connectivity index (χ1v) is 24.3. The Labute approximate surface area is 403 Å². The number of amides is 7. The molecule has 2 aromatic heterocycles. The van der Waals surface area contributed by atoms with E-state index in [2.05, 4.69) is 72.4 Å². The van der Waals surface area contributed by atoms with Gasteiger partial charge in [-0.15, -0.1) is 0 Å². The van der Waals surface area contributed by atoms with Crippen molar-refractivity contribution in [3.05, 3.63) is 48.4 Å². The maximum Gasteiger partial charge on any atom is 0.409 e. The number of likely N-dealkylation sites (N-methyl/N-ethyl adjacent to an activating group) is 2. The summed E-state index contributed by atoms with van der Waals surface area (Å²) in [5.41, 5.74) is 11.2. The van der Waals surface area contributed by atoms with E-state index in [0.29, 0.717) is 41.8 Å². The third-order valence-electron chi connectivity index (χ3n) is 10.7. The predicted octanol–water partition coefficient (Wildman–Crippen LogP) is 2.87. The Hall–Kier alpha value is -5.56. The average molecular weight is 1020 g/mol. The van der Waals surface area contributed by atoms with Crippen LogP contribution in [-0.4, -0.2) is 153 Å². The molecule has 22 nitrogen and oxygen atoms in total. The summed E-state index contributed by atoms with van der Waals surface area (Å²) in [6.07, 6.45) is 7.32. The van der Waals surface area contributed by atoms with Gasteiger partial charge >= 0.3 is 12.1 Å². The van der Waals surface area contributed by atoms with Gasteiger partial charge in [0.15, 0.2) is 5.65 Å². The third kappa shape index (κ3) is 16.0. The number of nitrogens with one attached hydrogen (secondary N) is 5. The van der Waals surface area contributed by atoms with Gasteiger partial charge in [-0.1, -0.05) is 67.2 Å². The van der Waals surface area contributed by atoms with Crippen LogP contribution in [0.4, 0.5) is 21.1 Å². The van der Waals surface area contributed by atoms with Crippen molar-refractivity contribution in [2.75, 3.05) is 68.6 Å². The maximum absolute atomic E-state index is 13.5. The van der Waals surface area contributed by atoms with Gasteiger partial charge in [0.2, 0.25) is 23.6 Å². The van der Waals surface area contributed by atoms with Crippen LogP contribution in [0.3, 0.4) is 0 Å². The number of likely N-dealkylation sites (tertiary alicyclic amines) is 1. The molecule has 2 aliphatic rings. The molecule has 368 valence electrons. The summed E-state index contributed by atoms with van der Waals surface area (Å²) in [4.78, 5) is 108. The van der Waals surface area contributed by atoms with Crippen LogP contribution >= 0.6 is 27.9 Å². The molecule has 3 aromatic rings. The Morgan fingerprint density at radius 1 is 0.970 bits per heavy atom. The minimum absolute atomic E-state index is 0.0477. The SMILES string of the molecule is CCC.CCCSNC1CC(N(C)c2ncnc3c2ccn3C(=O)N(C)CCN(C)C(=O)OCc2ccc(NC(=O)CNC(=O)C3CCCN3C(=O)C(CC(N)=O)NONC(=O)CBr)cc2)C1. The van der Waals surface area contributed by atoms with Gasteiger partial charge in [0, 0.05) is 70.5 Å². The highest BCUT2D eigenvalue weighted by atomic mass is 79.9. The third-order valence-corrected chi connectivity index (χ3v) is 12.3. The number of nitrogens with two attached hydrogens (primary N) is 1. The van der Waals surface area contributed by atoms with Crippen LogP contribution in [-0.2, 0) is 40.3 Å². The summed E-state index contributed by atoms with van der Waals surface area (Å²) in [7, 11) is 5.25. The first kappa shape index (κ1) is 54.0. The van der Waals surface area contributed by atoms with E-state index in [0.717, 1.165) is 36.2 Å². The molecule has 67 heavy (non-hydrogen) atoms. The fraction of sp³-hybridized carbons (Fsp3) is 0.558. The van der Waals surface area contributed by atoms with E-state index in [1.807, 2.05) is 18.6 Å². The number of hydrogen-bond acceptors (Lipinski definition) is 15. The summed E-state index contributed by atoms with van der Waals surface area (Å²) in [6, 6.07) is 6.72. The Kier molecular flexibility index (Phi) is 22.0. The number of benzene rings is 1. The highest BCUT2D eigenvalue weighted by Crippen LogP contribution is 2.32. The first-order chi connectivity index (χ1) is 32.1. The number of nitrogens with zero attached hydrogens (tertiary/aromatic N) is 7. The molecule has 3 heterocycles. The molecule has 5 rings (SSSR count). The maximum atomic E-state index is 13.5. The van der Waals surface area contributed by atoms with Gasteiger partial charge in [-0.3, -0.25) is 33.3 Å². The zero-order valence-corrected chi connectivity index (χ0v) is 41.3. The van der Waals surface area contributed by atoms with Crippen LogP contribution < -0.4 is 36.9 Å². The zero-order valence-electron chi connectivity index (χ0n) is 38.9. The van der Waals surface area contributed by atoms with Crippen molar-refractivity contribution in [2.45, 2.75) is 96.5 Å². The molecule has 24 heteroatoms. The lowest BCUT2D eigenvalue weighted by atomic mass is 9.86. The van der Waals surface area contributed by atoms with E-state index in [1.54, 1.807) is 56.5 Å². The van der Waals surface area contributed by atoms with E-state index in [1.165, 1.54) is 32.0 Å².